The summed E-state index contributed by atoms with van der Waals surface area (Å²) in [6, 6.07) is 0. The molecule has 2 aliphatic heterocycles. The lowest BCUT2D eigenvalue weighted by Gasteiger charge is -2.61. The van der Waals surface area contributed by atoms with Crippen LogP contribution in [0.15, 0.2) is 0 Å². The van der Waals surface area contributed by atoms with E-state index in [0.717, 1.165) is 49.5 Å². The topological polar surface area (TPSA) is 38.7 Å². The molecule has 4 saturated carbocycles. The molecule has 1 N–H and O–H groups in total. The highest BCUT2D eigenvalue weighted by Gasteiger charge is 2.69. The molecular formula is C27H44O3. The number of ether oxygens (including phenoxy) is 2. The van der Waals surface area contributed by atoms with E-state index in [1.54, 1.807) is 0 Å². The lowest BCUT2D eigenvalue weighted by atomic mass is 9.44. The van der Waals surface area contributed by atoms with Gasteiger partial charge in [-0.15, -0.1) is 0 Å². The third-order valence-electron chi connectivity index (χ3n) is 11.9. The summed E-state index contributed by atoms with van der Waals surface area (Å²) in [4.78, 5) is 0. The average molecular weight is 417 g/mol. The van der Waals surface area contributed by atoms with E-state index >= 15 is 0 Å². The highest BCUT2D eigenvalue weighted by atomic mass is 16.7. The minimum atomic E-state index is -0.282. The van der Waals surface area contributed by atoms with Gasteiger partial charge in [-0.1, -0.05) is 27.7 Å². The first-order valence-electron chi connectivity index (χ1n) is 13.3. The van der Waals surface area contributed by atoms with Gasteiger partial charge in [-0.25, -0.2) is 0 Å². The zero-order chi connectivity index (χ0) is 20.9. The van der Waals surface area contributed by atoms with Crippen LogP contribution in [0.25, 0.3) is 0 Å². The van der Waals surface area contributed by atoms with Crippen molar-refractivity contribution in [3.05, 3.63) is 0 Å². The zero-order valence-corrected chi connectivity index (χ0v) is 19.7. The highest BCUT2D eigenvalue weighted by molar-refractivity contribution is 5.15. The number of rotatable bonds is 0. The van der Waals surface area contributed by atoms with Crippen molar-refractivity contribution >= 4 is 0 Å². The Hall–Kier alpha value is -0.120. The summed E-state index contributed by atoms with van der Waals surface area (Å²) >= 11 is 0. The number of aliphatic hydroxyl groups excluding tert-OH is 1. The number of hydrogen-bond acceptors (Lipinski definition) is 3. The molecule has 0 aromatic carbocycles. The SMILES string of the molecule is C[C@@H]1CC[C@@]2(OC1)O[C@H]1C[C@H]3[C@@H]4CC[C@H]5C[C@H](O)CC[C@]5(C)[C@H]4CC[C@]3(C)[C@@H]1[C@@H]2C. The summed E-state index contributed by atoms with van der Waals surface area (Å²) in [6.07, 6.45) is 12.9. The van der Waals surface area contributed by atoms with Crippen molar-refractivity contribution in [3.8, 4) is 0 Å². The van der Waals surface area contributed by atoms with E-state index in [2.05, 4.69) is 27.7 Å². The van der Waals surface area contributed by atoms with E-state index in [4.69, 9.17) is 9.47 Å². The molecular weight excluding hydrogens is 372 g/mol. The predicted octanol–water partition coefficient (Wildman–Crippen LogP) is 5.79. The van der Waals surface area contributed by atoms with Crippen LogP contribution in [0.5, 0.6) is 0 Å². The smallest absolute Gasteiger partial charge is 0.171 e. The standard InChI is InChI=1S/C27H44O3/c1-16-7-12-27(29-15-16)17(2)24-23(30-27)14-22-20-6-5-18-13-19(28)8-10-25(18,3)21(20)9-11-26(22,24)4/h16-24,28H,5-15H2,1-4H3/t16-,17+,18+,19-,20-,21+,22+,23+,24-,25+,26+,27-/m1/s1. The molecule has 6 rings (SSSR count). The van der Waals surface area contributed by atoms with Crippen molar-refractivity contribution in [1.82, 2.24) is 0 Å². The number of hydrogen-bond donors (Lipinski definition) is 1. The van der Waals surface area contributed by atoms with Crippen LogP contribution in [0.2, 0.25) is 0 Å². The van der Waals surface area contributed by atoms with Gasteiger partial charge in [0.2, 0.25) is 0 Å². The van der Waals surface area contributed by atoms with E-state index in [9.17, 15) is 5.11 Å². The van der Waals surface area contributed by atoms with Crippen LogP contribution in [0.3, 0.4) is 0 Å². The van der Waals surface area contributed by atoms with Gasteiger partial charge in [-0.05, 0) is 104 Å². The molecule has 30 heavy (non-hydrogen) atoms. The van der Waals surface area contributed by atoms with E-state index < -0.39 is 0 Å². The second-order valence-electron chi connectivity index (χ2n) is 13.1. The largest absolute Gasteiger partial charge is 0.393 e. The van der Waals surface area contributed by atoms with Gasteiger partial charge in [0, 0.05) is 12.3 Å². The van der Waals surface area contributed by atoms with E-state index in [1.807, 2.05) is 0 Å². The maximum atomic E-state index is 10.3. The Bertz CT molecular complexity index is 684. The van der Waals surface area contributed by atoms with Gasteiger partial charge in [0.25, 0.3) is 0 Å². The van der Waals surface area contributed by atoms with Crippen LogP contribution in [0.1, 0.15) is 91.9 Å². The zero-order valence-electron chi connectivity index (χ0n) is 19.7. The normalized spacial score (nSPS) is 62.5. The fourth-order valence-corrected chi connectivity index (χ4v) is 10.3. The van der Waals surface area contributed by atoms with Crippen molar-refractivity contribution in [2.45, 2.75) is 110 Å². The maximum Gasteiger partial charge on any atom is 0.171 e. The third-order valence-corrected chi connectivity index (χ3v) is 11.9. The van der Waals surface area contributed by atoms with Crippen LogP contribution in [-0.2, 0) is 9.47 Å². The van der Waals surface area contributed by atoms with Crippen LogP contribution < -0.4 is 0 Å². The summed E-state index contributed by atoms with van der Waals surface area (Å²) in [5, 5.41) is 10.3. The lowest BCUT2D eigenvalue weighted by Crippen LogP contribution is -2.55. The van der Waals surface area contributed by atoms with Gasteiger partial charge in [0.1, 0.15) is 0 Å². The maximum absolute atomic E-state index is 10.3. The monoisotopic (exact) mass is 416 g/mol. The Morgan fingerprint density at radius 3 is 2.40 bits per heavy atom. The molecule has 3 heteroatoms. The number of fused-ring (bicyclic) bond motifs is 7. The van der Waals surface area contributed by atoms with Gasteiger partial charge >= 0.3 is 0 Å². The lowest BCUT2D eigenvalue weighted by molar-refractivity contribution is -0.273. The van der Waals surface area contributed by atoms with Crippen LogP contribution in [-0.4, -0.2) is 29.7 Å². The molecule has 0 aromatic rings. The minimum absolute atomic E-state index is 0.0389. The van der Waals surface area contributed by atoms with Crippen molar-refractivity contribution in [2.24, 2.45) is 52.3 Å². The molecule has 2 heterocycles. The summed E-state index contributed by atoms with van der Waals surface area (Å²) in [5.41, 5.74) is 0.899. The molecule has 0 unspecified atom stereocenters. The van der Waals surface area contributed by atoms with Crippen molar-refractivity contribution in [2.75, 3.05) is 6.61 Å². The molecule has 6 fully saturated rings. The Kier molecular flexibility index (Phi) is 4.58. The van der Waals surface area contributed by atoms with Gasteiger partial charge in [-0.3, -0.25) is 0 Å². The highest BCUT2D eigenvalue weighted by Crippen LogP contribution is 2.71. The Balaban J connectivity index is 1.26. The molecule has 3 nitrogen and oxygen atoms in total. The fraction of sp³-hybridized carbons (Fsp3) is 1.00. The molecule has 0 radical (unpaired) electrons. The van der Waals surface area contributed by atoms with Crippen molar-refractivity contribution in [3.63, 3.8) is 0 Å². The molecule has 4 aliphatic carbocycles. The summed E-state index contributed by atoms with van der Waals surface area (Å²) in [7, 11) is 0. The first kappa shape index (κ1) is 20.5. The van der Waals surface area contributed by atoms with E-state index in [0.29, 0.717) is 34.7 Å². The van der Waals surface area contributed by atoms with Crippen LogP contribution in [0, 0.1) is 52.3 Å². The van der Waals surface area contributed by atoms with Crippen LogP contribution >= 0.6 is 0 Å². The first-order chi connectivity index (χ1) is 14.3. The summed E-state index contributed by atoms with van der Waals surface area (Å²) in [5.74, 6) is 4.93. The molecule has 2 saturated heterocycles. The van der Waals surface area contributed by atoms with E-state index in [1.165, 1.54) is 44.9 Å². The Morgan fingerprint density at radius 2 is 1.63 bits per heavy atom. The fourth-order valence-electron chi connectivity index (χ4n) is 10.3. The summed E-state index contributed by atoms with van der Waals surface area (Å²) in [6.45, 7) is 10.9. The molecule has 0 aromatic heterocycles. The van der Waals surface area contributed by atoms with Crippen LogP contribution in [0.4, 0.5) is 0 Å². The average Bonchev–Trinajstić information content (AvgIpc) is 3.16. The minimum Gasteiger partial charge on any atom is -0.393 e. The second kappa shape index (κ2) is 6.70. The van der Waals surface area contributed by atoms with Crippen molar-refractivity contribution in [1.29, 1.82) is 0 Å². The Labute approximate surface area is 183 Å². The van der Waals surface area contributed by atoms with Gasteiger partial charge in [0.05, 0.1) is 18.8 Å². The Morgan fingerprint density at radius 1 is 0.833 bits per heavy atom. The summed E-state index contributed by atoms with van der Waals surface area (Å²) < 4.78 is 13.4. The second-order valence-corrected chi connectivity index (χ2v) is 13.1. The van der Waals surface area contributed by atoms with Crippen molar-refractivity contribution < 1.29 is 14.6 Å². The van der Waals surface area contributed by atoms with E-state index in [-0.39, 0.29) is 11.9 Å². The number of aliphatic hydroxyl groups is 1. The molecule has 1 spiro atoms. The van der Waals surface area contributed by atoms with Gasteiger partial charge < -0.3 is 14.6 Å². The van der Waals surface area contributed by atoms with Gasteiger partial charge in [-0.2, -0.15) is 0 Å². The molecule has 0 bridgehead atoms. The van der Waals surface area contributed by atoms with Gasteiger partial charge in [0.15, 0.2) is 5.79 Å². The molecule has 170 valence electrons. The first-order valence-corrected chi connectivity index (χ1v) is 13.3. The molecule has 6 aliphatic rings. The predicted molar refractivity (Wildman–Crippen MR) is 118 cm³/mol. The molecule has 12 atom stereocenters. The molecule has 0 amide bonds. The quantitative estimate of drug-likeness (QED) is 0.543. The third kappa shape index (κ3) is 2.61.